The number of hydrogen-bond acceptors (Lipinski definition) is 4. The van der Waals surface area contributed by atoms with Crippen molar-refractivity contribution in [3.8, 4) is 0 Å². The molecule has 2 aromatic rings. The van der Waals surface area contributed by atoms with E-state index in [-0.39, 0.29) is 0 Å². The van der Waals surface area contributed by atoms with Crippen molar-refractivity contribution in [1.82, 2.24) is 0 Å². The number of benzene rings is 2. The number of para-hydroxylation sites is 1. The van der Waals surface area contributed by atoms with Gasteiger partial charge in [-0.2, -0.15) is 0 Å². The minimum Gasteiger partial charge on any atom is -0.385 e. The van der Waals surface area contributed by atoms with Crippen LogP contribution in [0, 0.1) is 5.92 Å². The lowest BCUT2D eigenvalue weighted by atomic mass is 9.86. The number of rotatable bonds is 5. The van der Waals surface area contributed by atoms with Crippen LogP contribution in [0.15, 0.2) is 54.6 Å². The summed E-state index contributed by atoms with van der Waals surface area (Å²) in [6.07, 6.45) is 4.89. The molecule has 1 aliphatic carbocycles. The molecule has 2 aliphatic rings. The maximum Gasteiger partial charge on any atom is 0.0368 e. The molecule has 4 nitrogen and oxygen atoms in total. The van der Waals surface area contributed by atoms with Gasteiger partial charge in [0.15, 0.2) is 0 Å². The number of nitrogens with zero attached hydrogens (tertiary/aromatic N) is 2. The standard InChI is InChI=1S/C23H32N4/c24-20-8-6-19(7-9-20)18-25-21-10-12-23(13-11-21)27-16-14-26(15-17-27)22-4-2-1-3-5-22/h1-5,10-13,19-20,25H,6-9,14-18,24H2/t19-,20-. The van der Waals surface area contributed by atoms with E-state index < -0.39 is 0 Å². The summed E-state index contributed by atoms with van der Waals surface area (Å²) in [6, 6.07) is 20.1. The number of piperazine rings is 1. The molecule has 3 N–H and O–H groups in total. The van der Waals surface area contributed by atoms with E-state index in [1.54, 1.807) is 0 Å². The van der Waals surface area contributed by atoms with E-state index in [0.29, 0.717) is 6.04 Å². The predicted molar refractivity (Wildman–Crippen MR) is 116 cm³/mol. The van der Waals surface area contributed by atoms with Gasteiger partial charge in [0.25, 0.3) is 0 Å². The van der Waals surface area contributed by atoms with Crippen LogP contribution in [0.2, 0.25) is 0 Å². The van der Waals surface area contributed by atoms with Crippen LogP contribution in [-0.2, 0) is 0 Å². The molecule has 0 atom stereocenters. The molecule has 0 spiro atoms. The Morgan fingerprint density at radius 1 is 0.741 bits per heavy atom. The highest BCUT2D eigenvalue weighted by Crippen LogP contribution is 2.25. The van der Waals surface area contributed by atoms with Gasteiger partial charge in [-0.1, -0.05) is 18.2 Å². The SMILES string of the molecule is N[C@H]1CC[C@H](CNc2ccc(N3CCN(c4ccccc4)CC3)cc2)CC1. The minimum atomic E-state index is 0.433. The third-order valence-electron chi connectivity index (χ3n) is 6.12. The molecule has 2 aromatic carbocycles. The fourth-order valence-corrected chi connectivity index (χ4v) is 4.31. The van der Waals surface area contributed by atoms with Crippen LogP contribution in [0.3, 0.4) is 0 Å². The van der Waals surface area contributed by atoms with Crippen molar-refractivity contribution in [3.63, 3.8) is 0 Å². The molecule has 4 rings (SSSR count). The van der Waals surface area contributed by atoms with Gasteiger partial charge in [0.2, 0.25) is 0 Å². The normalized spacial score (nSPS) is 23.3. The van der Waals surface area contributed by atoms with Crippen LogP contribution in [-0.4, -0.2) is 38.8 Å². The third-order valence-corrected chi connectivity index (χ3v) is 6.12. The first kappa shape index (κ1) is 18.2. The molecule has 1 saturated carbocycles. The molecule has 0 radical (unpaired) electrons. The topological polar surface area (TPSA) is 44.5 Å². The number of nitrogens with two attached hydrogens (primary N) is 1. The Labute approximate surface area is 163 Å². The van der Waals surface area contributed by atoms with Crippen molar-refractivity contribution in [2.45, 2.75) is 31.7 Å². The molecule has 1 aliphatic heterocycles. The maximum absolute atomic E-state index is 6.01. The summed E-state index contributed by atoms with van der Waals surface area (Å²) in [6.45, 7) is 5.37. The Kier molecular flexibility index (Phi) is 5.83. The van der Waals surface area contributed by atoms with Crippen molar-refractivity contribution in [2.75, 3.05) is 47.8 Å². The summed E-state index contributed by atoms with van der Waals surface area (Å²) >= 11 is 0. The fourth-order valence-electron chi connectivity index (χ4n) is 4.31. The Balaban J connectivity index is 1.26. The van der Waals surface area contributed by atoms with Crippen LogP contribution < -0.4 is 20.9 Å². The predicted octanol–water partition coefficient (Wildman–Crippen LogP) is 3.94. The van der Waals surface area contributed by atoms with E-state index in [2.05, 4.69) is 69.7 Å². The van der Waals surface area contributed by atoms with E-state index in [1.165, 1.54) is 42.7 Å². The van der Waals surface area contributed by atoms with Crippen LogP contribution in [0.25, 0.3) is 0 Å². The molecule has 1 saturated heterocycles. The van der Waals surface area contributed by atoms with E-state index in [4.69, 9.17) is 5.73 Å². The molecule has 0 amide bonds. The summed E-state index contributed by atoms with van der Waals surface area (Å²) in [5.41, 5.74) is 9.90. The molecular weight excluding hydrogens is 332 g/mol. The van der Waals surface area contributed by atoms with Crippen molar-refractivity contribution >= 4 is 17.1 Å². The third kappa shape index (κ3) is 4.75. The quantitative estimate of drug-likeness (QED) is 0.843. The van der Waals surface area contributed by atoms with Gasteiger partial charge in [-0.15, -0.1) is 0 Å². The van der Waals surface area contributed by atoms with Crippen molar-refractivity contribution in [2.24, 2.45) is 11.7 Å². The lowest BCUT2D eigenvalue weighted by Gasteiger charge is -2.37. The van der Waals surface area contributed by atoms with E-state index in [9.17, 15) is 0 Å². The number of nitrogens with one attached hydrogen (secondary N) is 1. The van der Waals surface area contributed by atoms with Crippen LogP contribution in [0.4, 0.5) is 17.1 Å². The average Bonchev–Trinajstić information content (AvgIpc) is 2.75. The van der Waals surface area contributed by atoms with Crippen LogP contribution in [0.5, 0.6) is 0 Å². The average molecular weight is 365 g/mol. The summed E-state index contributed by atoms with van der Waals surface area (Å²) < 4.78 is 0. The Morgan fingerprint density at radius 2 is 1.30 bits per heavy atom. The largest absolute Gasteiger partial charge is 0.385 e. The second-order valence-electron chi connectivity index (χ2n) is 8.02. The minimum absolute atomic E-state index is 0.433. The second kappa shape index (κ2) is 8.66. The van der Waals surface area contributed by atoms with Gasteiger partial charge in [0, 0.05) is 55.8 Å². The lowest BCUT2D eigenvalue weighted by Crippen LogP contribution is -2.46. The smallest absolute Gasteiger partial charge is 0.0368 e. The molecule has 0 bridgehead atoms. The first-order valence-corrected chi connectivity index (χ1v) is 10.4. The highest BCUT2D eigenvalue weighted by molar-refractivity contribution is 5.56. The van der Waals surface area contributed by atoms with Crippen LogP contribution in [0.1, 0.15) is 25.7 Å². The Morgan fingerprint density at radius 3 is 1.89 bits per heavy atom. The zero-order valence-corrected chi connectivity index (χ0v) is 16.2. The fraction of sp³-hybridized carbons (Fsp3) is 0.478. The molecule has 0 unspecified atom stereocenters. The first-order valence-electron chi connectivity index (χ1n) is 10.4. The number of hydrogen-bond donors (Lipinski definition) is 2. The Bertz CT molecular complexity index is 684. The zero-order valence-electron chi connectivity index (χ0n) is 16.2. The molecule has 1 heterocycles. The molecular formula is C23H32N4. The van der Waals surface area contributed by atoms with Gasteiger partial charge in [-0.05, 0) is 68.0 Å². The van der Waals surface area contributed by atoms with Gasteiger partial charge < -0.3 is 20.9 Å². The summed E-state index contributed by atoms with van der Waals surface area (Å²) in [5.74, 6) is 0.774. The Hall–Kier alpha value is -2.20. The molecule has 144 valence electrons. The van der Waals surface area contributed by atoms with Gasteiger partial charge in [-0.3, -0.25) is 0 Å². The van der Waals surface area contributed by atoms with Crippen LogP contribution >= 0.6 is 0 Å². The molecule has 2 fully saturated rings. The zero-order chi connectivity index (χ0) is 18.5. The van der Waals surface area contributed by atoms with Gasteiger partial charge in [0.05, 0.1) is 0 Å². The molecule has 27 heavy (non-hydrogen) atoms. The first-order chi connectivity index (χ1) is 13.3. The van der Waals surface area contributed by atoms with Crippen molar-refractivity contribution in [1.29, 1.82) is 0 Å². The summed E-state index contributed by atoms with van der Waals surface area (Å²) in [7, 11) is 0. The van der Waals surface area contributed by atoms with Gasteiger partial charge >= 0.3 is 0 Å². The van der Waals surface area contributed by atoms with Gasteiger partial charge in [-0.25, -0.2) is 0 Å². The summed E-state index contributed by atoms with van der Waals surface area (Å²) in [5, 5.41) is 3.62. The summed E-state index contributed by atoms with van der Waals surface area (Å²) in [4.78, 5) is 4.97. The van der Waals surface area contributed by atoms with E-state index >= 15 is 0 Å². The van der Waals surface area contributed by atoms with E-state index in [1.807, 2.05) is 0 Å². The second-order valence-corrected chi connectivity index (χ2v) is 8.02. The molecule has 0 aromatic heterocycles. The number of anilines is 3. The van der Waals surface area contributed by atoms with E-state index in [0.717, 1.165) is 38.6 Å². The highest BCUT2D eigenvalue weighted by atomic mass is 15.3. The van der Waals surface area contributed by atoms with Crippen molar-refractivity contribution < 1.29 is 0 Å². The lowest BCUT2D eigenvalue weighted by molar-refractivity contribution is 0.339. The van der Waals surface area contributed by atoms with Crippen molar-refractivity contribution in [3.05, 3.63) is 54.6 Å². The van der Waals surface area contributed by atoms with Gasteiger partial charge in [0.1, 0.15) is 0 Å². The monoisotopic (exact) mass is 364 g/mol. The highest BCUT2D eigenvalue weighted by Gasteiger charge is 2.19. The molecule has 4 heteroatoms. The maximum atomic E-state index is 6.01.